The van der Waals surface area contributed by atoms with Crippen LogP contribution in [-0.2, 0) is 22.7 Å². The van der Waals surface area contributed by atoms with Crippen LogP contribution >= 0.6 is 0 Å². The molecule has 43 heavy (non-hydrogen) atoms. The Kier molecular flexibility index (Phi) is 12.3. The zero-order valence-corrected chi connectivity index (χ0v) is 26.3. The van der Waals surface area contributed by atoms with Crippen molar-refractivity contribution in [1.82, 2.24) is 29.7 Å². The van der Waals surface area contributed by atoms with E-state index in [9.17, 15) is 9.59 Å². The first kappa shape index (κ1) is 32.4. The number of nitrogens with two attached hydrogens (primary N) is 1. The number of benzene rings is 1. The molecular formula is C33H50N8O2. The van der Waals surface area contributed by atoms with E-state index in [0.29, 0.717) is 31.8 Å². The number of nitrogens with zero attached hydrogens (tertiary/aromatic N) is 5. The van der Waals surface area contributed by atoms with E-state index >= 15 is 0 Å². The van der Waals surface area contributed by atoms with Crippen LogP contribution in [0.15, 0.2) is 30.5 Å². The van der Waals surface area contributed by atoms with E-state index in [1.165, 1.54) is 29.5 Å². The second-order valence-electron chi connectivity index (χ2n) is 11.9. The zero-order valence-electron chi connectivity index (χ0n) is 26.3. The standard InChI is InChI=1S/C33H50N8O2/c1-4-5-6-14-36-32-31-29(37-33(34)38-32)13-17-41(31)24-28-12-11-27(22-25(28)2)23-40-20-18-39(19-21-40)16-8-15-35-30(43)10-7-9-26(3)42/h11-13,17,22H,4-10,14-16,18-21,23-24H2,1-3H3,(H,35,43)(H3,34,36,37,38). The smallest absolute Gasteiger partial charge is 0.222 e. The first-order chi connectivity index (χ1) is 20.8. The maximum atomic E-state index is 11.9. The number of carbonyl (C=O) groups excluding carboxylic acids is 2. The van der Waals surface area contributed by atoms with Crippen molar-refractivity contribution < 1.29 is 9.59 Å². The molecule has 2 aromatic heterocycles. The topological polar surface area (TPSA) is 121 Å². The number of piperazine rings is 1. The van der Waals surface area contributed by atoms with E-state index in [2.05, 4.69) is 73.2 Å². The van der Waals surface area contributed by atoms with E-state index in [0.717, 1.165) is 82.1 Å². The van der Waals surface area contributed by atoms with Crippen LogP contribution in [0.25, 0.3) is 11.0 Å². The van der Waals surface area contributed by atoms with Crippen molar-refractivity contribution in [2.75, 3.05) is 56.9 Å². The molecule has 234 valence electrons. The number of unbranched alkanes of at least 4 members (excludes halogenated alkanes) is 2. The van der Waals surface area contributed by atoms with Crippen LogP contribution < -0.4 is 16.4 Å². The lowest BCUT2D eigenvalue weighted by atomic mass is 10.0. The number of hydrogen-bond donors (Lipinski definition) is 3. The number of ketones is 1. The summed E-state index contributed by atoms with van der Waals surface area (Å²) in [6.07, 6.45) is 8.05. The Morgan fingerprint density at radius 3 is 2.47 bits per heavy atom. The fourth-order valence-corrected chi connectivity index (χ4v) is 5.72. The third-order valence-corrected chi connectivity index (χ3v) is 8.23. The van der Waals surface area contributed by atoms with Gasteiger partial charge in [-0.2, -0.15) is 4.98 Å². The van der Waals surface area contributed by atoms with Crippen LogP contribution in [0.2, 0.25) is 0 Å². The molecule has 4 N–H and O–H groups in total. The summed E-state index contributed by atoms with van der Waals surface area (Å²) in [6.45, 7) is 14.4. The molecule has 1 aliphatic heterocycles. The number of rotatable bonds is 17. The molecule has 4 rings (SSSR count). The Labute approximate surface area is 256 Å². The molecule has 1 saturated heterocycles. The number of Topliss-reactive ketones (excluding diaryl/α,β-unsaturated/α-hetero) is 1. The van der Waals surface area contributed by atoms with Crippen molar-refractivity contribution in [2.45, 2.75) is 78.8 Å². The molecule has 0 bridgehead atoms. The number of nitrogen functional groups attached to an aromatic ring is 1. The number of amides is 1. The maximum Gasteiger partial charge on any atom is 0.222 e. The van der Waals surface area contributed by atoms with Crippen molar-refractivity contribution in [3.63, 3.8) is 0 Å². The molecule has 1 aromatic carbocycles. The Morgan fingerprint density at radius 2 is 1.72 bits per heavy atom. The first-order valence-corrected chi connectivity index (χ1v) is 16.0. The van der Waals surface area contributed by atoms with Crippen LogP contribution in [0.4, 0.5) is 11.8 Å². The average Bonchev–Trinajstić information content (AvgIpc) is 3.37. The Balaban J connectivity index is 1.23. The summed E-state index contributed by atoms with van der Waals surface area (Å²) in [4.78, 5) is 36.9. The molecule has 10 heteroatoms. The van der Waals surface area contributed by atoms with Gasteiger partial charge >= 0.3 is 0 Å². The summed E-state index contributed by atoms with van der Waals surface area (Å²) in [6, 6.07) is 8.86. The van der Waals surface area contributed by atoms with Crippen molar-refractivity contribution in [1.29, 1.82) is 0 Å². The molecule has 0 unspecified atom stereocenters. The largest absolute Gasteiger partial charge is 0.368 e. The van der Waals surface area contributed by atoms with Crippen LogP contribution in [-0.4, -0.2) is 81.8 Å². The van der Waals surface area contributed by atoms with E-state index < -0.39 is 0 Å². The zero-order chi connectivity index (χ0) is 30.6. The molecule has 1 amide bonds. The lowest BCUT2D eigenvalue weighted by molar-refractivity contribution is -0.121. The van der Waals surface area contributed by atoms with Gasteiger partial charge in [0.15, 0.2) is 5.82 Å². The molecule has 3 aromatic rings. The number of hydrogen-bond acceptors (Lipinski definition) is 8. The van der Waals surface area contributed by atoms with Gasteiger partial charge in [-0.05, 0) is 62.4 Å². The molecule has 3 heterocycles. The van der Waals surface area contributed by atoms with Gasteiger partial charge in [-0.15, -0.1) is 0 Å². The summed E-state index contributed by atoms with van der Waals surface area (Å²) in [5, 5.41) is 6.47. The number of anilines is 2. The monoisotopic (exact) mass is 590 g/mol. The van der Waals surface area contributed by atoms with Gasteiger partial charge in [0, 0.05) is 71.4 Å². The quantitative estimate of drug-likeness (QED) is 0.198. The van der Waals surface area contributed by atoms with E-state index in [1.54, 1.807) is 6.92 Å². The molecule has 0 atom stereocenters. The minimum atomic E-state index is 0.0489. The van der Waals surface area contributed by atoms with Crippen LogP contribution in [0.1, 0.15) is 75.5 Å². The van der Waals surface area contributed by atoms with Gasteiger partial charge in [0.2, 0.25) is 11.9 Å². The summed E-state index contributed by atoms with van der Waals surface area (Å²) < 4.78 is 2.22. The number of fused-ring (bicyclic) bond motifs is 1. The fourth-order valence-electron chi connectivity index (χ4n) is 5.72. The highest BCUT2D eigenvalue weighted by Crippen LogP contribution is 2.25. The van der Waals surface area contributed by atoms with E-state index in [4.69, 9.17) is 5.73 Å². The van der Waals surface area contributed by atoms with Gasteiger partial charge < -0.3 is 30.6 Å². The normalized spacial score (nSPS) is 14.3. The molecule has 0 aliphatic carbocycles. The van der Waals surface area contributed by atoms with Gasteiger partial charge in [-0.1, -0.05) is 38.0 Å². The van der Waals surface area contributed by atoms with Crippen molar-refractivity contribution in [2.24, 2.45) is 0 Å². The Hall–Kier alpha value is -3.50. The van der Waals surface area contributed by atoms with Gasteiger partial charge in [-0.25, -0.2) is 4.98 Å². The van der Waals surface area contributed by atoms with Crippen LogP contribution in [0, 0.1) is 6.92 Å². The second kappa shape index (κ2) is 16.4. The van der Waals surface area contributed by atoms with Crippen molar-refractivity contribution >= 4 is 34.5 Å². The second-order valence-corrected chi connectivity index (χ2v) is 11.9. The van der Waals surface area contributed by atoms with E-state index in [-0.39, 0.29) is 11.7 Å². The molecule has 0 spiro atoms. The van der Waals surface area contributed by atoms with Gasteiger partial charge in [0.1, 0.15) is 11.3 Å². The third kappa shape index (κ3) is 10.0. The molecule has 10 nitrogen and oxygen atoms in total. The highest BCUT2D eigenvalue weighted by atomic mass is 16.1. The molecule has 1 fully saturated rings. The first-order valence-electron chi connectivity index (χ1n) is 16.0. The predicted molar refractivity (Wildman–Crippen MR) is 174 cm³/mol. The predicted octanol–water partition coefficient (Wildman–Crippen LogP) is 4.36. The fraction of sp³-hybridized carbons (Fsp3) is 0.576. The lowest BCUT2D eigenvalue weighted by Gasteiger charge is -2.34. The van der Waals surface area contributed by atoms with E-state index in [1.807, 2.05) is 6.07 Å². The van der Waals surface area contributed by atoms with Crippen LogP contribution in [0.3, 0.4) is 0 Å². The number of nitrogens with one attached hydrogen (secondary N) is 2. The number of carbonyl (C=O) groups is 2. The summed E-state index contributed by atoms with van der Waals surface area (Å²) in [5.41, 5.74) is 11.8. The Bertz CT molecular complexity index is 1350. The molecule has 0 saturated carbocycles. The van der Waals surface area contributed by atoms with Gasteiger partial charge in [0.05, 0.1) is 5.52 Å². The lowest BCUT2D eigenvalue weighted by Crippen LogP contribution is -2.46. The van der Waals surface area contributed by atoms with Crippen molar-refractivity contribution in [3.05, 3.63) is 47.2 Å². The molecule has 1 aliphatic rings. The van der Waals surface area contributed by atoms with Crippen molar-refractivity contribution in [3.8, 4) is 0 Å². The number of aryl methyl sites for hydroxylation is 1. The van der Waals surface area contributed by atoms with Gasteiger partial charge in [0.25, 0.3) is 0 Å². The summed E-state index contributed by atoms with van der Waals surface area (Å²) in [5.74, 6) is 1.30. The Morgan fingerprint density at radius 1 is 0.930 bits per heavy atom. The summed E-state index contributed by atoms with van der Waals surface area (Å²) >= 11 is 0. The van der Waals surface area contributed by atoms with Gasteiger partial charge in [-0.3, -0.25) is 9.69 Å². The SMILES string of the molecule is CCCCCNc1nc(N)nc2ccn(Cc3ccc(CN4CCN(CCCNC(=O)CCCC(C)=O)CC4)cc3C)c12. The summed E-state index contributed by atoms with van der Waals surface area (Å²) in [7, 11) is 0. The minimum absolute atomic E-state index is 0.0489. The highest BCUT2D eigenvalue weighted by molar-refractivity contribution is 5.87. The molecule has 0 radical (unpaired) electrons. The number of aromatic nitrogens is 3. The molecular weight excluding hydrogens is 540 g/mol. The average molecular weight is 591 g/mol. The van der Waals surface area contributed by atoms with Crippen LogP contribution in [0.5, 0.6) is 0 Å². The highest BCUT2D eigenvalue weighted by Gasteiger charge is 2.17. The minimum Gasteiger partial charge on any atom is -0.368 e. The third-order valence-electron chi connectivity index (χ3n) is 8.23. The maximum absolute atomic E-state index is 11.9.